The van der Waals surface area contributed by atoms with Gasteiger partial charge in [0.15, 0.2) is 0 Å². The van der Waals surface area contributed by atoms with E-state index in [1.54, 1.807) is 18.2 Å². The minimum atomic E-state index is -0.430. The molecule has 1 aromatic rings. The molecular formula is C14H19N3O3. The van der Waals surface area contributed by atoms with Gasteiger partial charge in [-0.2, -0.15) is 0 Å². The lowest BCUT2D eigenvalue weighted by Gasteiger charge is -2.12. The third-order valence-corrected chi connectivity index (χ3v) is 3.49. The summed E-state index contributed by atoms with van der Waals surface area (Å²) in [7, 11) is 0. The standard InChI is InChI=1S/C14H19N3O3/c18-14(16-11-5-1-2-6-11)9-10-15-12-7-3-4-8-13(12)17(19)20/h3-4,7-8,11,15H,1-2,5-6,9-10H2,(H,16,18). The Morgan fingerprint density at radius 3 is 2.70 bits per heavy atom. The Morgan fingerprint density at radius 2 is 2.00 bits per heavy atom. The number of carbonyl (C=O) groups excluding carboxylic acids is 1. The summed E-state index contributed by atoms with van der Waals surface area (Å²) in [5.41, 5.74) is 0.481. The molecule has 1 amide bonds. The molecular weight excluding hydrogens is 258 g/mol. The highest BCUT2D eigenvalue weighted by molar-refractivity contribution is 5.77. The second-order valence-corrected chi connectivity index (χ2v) is 5.00. The number of para-hydroxylation sites is 2. The van der Waals surface area contributed by atoms with Gasteiger partial charge in [0.2, 0.25) is 5.91 Å². The van der Waals surface area contributed by atoms with E-state index in [0.717, 1.165) is 12.8 Å². The molecule has 2 N–H and O–H groups in total. The van der Waals surface area contributed by atoms with Crippen molar-refractivity contribution in [3.05, 3.63) is 34.4 Å². The quantitative estimate of drug-likeness (QED) is 0.618. The van der Waals surface area contributed by atoms with Crippen molar-refractivity contribution in [2.45, 2.75) is 38.1 Å². The zero-order valence-corrected chi connectivity index (χ0v) is 11.3. The molecule has 0 radical (unpaired) electrons. The fourth-order valence-corrected chi connectivity index (χ4v) is 2.46. The minimum Gasteiger partial charge on any atom is -0.379 e. The molecule has 1 aliphatic rings. The molecule has 1 saturated carbocycles. The van der Waals surface area contributed by atoms with Crippen LogP contribution in [0, 0.1) is 10.1 Å². The van der Waals surface area contributed by atoms with Crippen molar-refractivity contribution in [2.75, 3.05) is 11.9 Å². The van der Waals surface area contributed by atoms with Crippen molar-refractivity contribution in [1.29, 1.82) is 0 Å². The van der Waals surface area contributed by atoms with Gasteiger partial charge in [0, 0.05) is 25.1 Å². The normalized spacial score (nSPS) is 15.0. The Morgan fingerprint density at radius 1 is 1.30 bits per heavy atom. The van der Waals surface area contributed by atoms with Crippen LogP contribution in [0.3, 0.4) is 0 Å². The molecule has 0 spiro atoms. The summed E-state index contributed by atoms with van der Waals surface area (Å²) < 4.78 is 0. The van der Waals surface area contributed by atoms with Crippen molar-refractivity contribution >= 4 is 17.3 Å². The fourth-order valence-electron chi connectivity index (χ4n) is 2.46. The SMILES string of the molecule is O=C(CCNc1ccccc1[N+](=O)[O-])NC1CCCC1. The van der Waals surface area contributed by atoms with Gasteiger partial charge in [-0.25, -0.2) is 0 Å². The number of nitrogens with one attached hydrogen (secondary N) is 2. The average molecular weight is 277 g/mol. The van der Waals surface area contributed by atoms with E-state index >= 15 is 0 Å². The maximum atomic E-state index is 11.7. The first-order valence-electron chi connectivity index (χ1n) is 6.93. The number of hydrogen-bond acceptors (Lipinski definition) is 4. The lowest BCUT2D eigenvalue weighted by molar-refractivity contribution is -0.384. The number of anilines is 1. The van der Waals surface area contributed by atoms with Crippen LogP contribution in [0.25, 0.3) is 0 Å². The van der Waals surface area contributed by atoms with Crippen molar-refractivity contribution in [3.63, 3.8) is 0 Å². The summed E-state index contributed by atoms with van der Waals surface area (Å²) in [5.74, 6) is 0.00276. The van der Waals surface area contributed by atoms with Gasteiger partial charge in [0.25, 0.3) is 5.69 Å². The zero-order valence-electron chi connectivity index (χ0n) is 11.3. The second kappa shape index (κ2) is 6.88. The smallest absolute Gasteiger partial charge is 0.292 e. The molecule has 2 rings (SSSR count). The number of rotatable bonds is 6. The molecule has 0 aliphatic heterocycles. The van der Waals surface area contributed by atoms with Crippen molar-refractivity contribution in [1.82, 2.24) is 5.32 Å². The van der Waals surface area contributed by atoms with Crippen LogP contribution in [0.1, 0.15) is 32.1 Å². The van der Waals surface area contributed by atoms with Crippen LogP contribution in [0.15, 0.2) is 24.3 Å². The molecule has 0 aromatic heterocycles. The van der Waals surface area contributed by atoms with Gasteiger partial charge in [-0.15, -0.1) is 0 Å². The van der Waals surface area contributed by atoms with Gasteiger partial charge >= 0.3 is 0 Å². The van der Waals surface area contributed by atoms with E-state index < -0.39 is 4.92 Å². The van der Waals surface area contributed by atoms with Gasteiger partial charge in [-0.1, -0.05) is 25.0 Å². The van der Waals surface area contributed by atoms with Gasteiger partial charge in [-0.05, 0) is 18.9 Å². The van der Waals surface area contributed by atoms with Crippen LogP contribution in [0.2, 0.25) is 0 Å². The van der Waals surface area contributed by atoms with Crippen LogP contribution < -0.4 is 10.6 Å². The number of nitrogens with zero attached hydrogens (tertiary/aromatic N) is 1. The summed E-state index contributed by atoms with van der Waals surface area (Å²) in [6.45, 7) is 0.392. The predicted molar refractivity (Wildman–Crippen MR) is 76.6 cm³/mol. The third-order valence-electron chi connectivity index (χ3n) is 3.49. The van der Waals surface area contributed by atoms with E-state index in [1.165, 1.54) is 18.9 Å². The predicted octanol–water partition coefficient (Wildman–Crippen LogP) is 2.46. The number of hydrogen-bond donors (Lipinski definition) is 2. The molecule has 6 heteroatoms. The Balaban J connectivity index is 1.78. The topological polar surface area (TPSA) is 84.3 Å². The third kappa shape index (κ3) is 3.94. The molecule has 20 heavy (non-hydrogen) atoms. The summed E-state index contributed by atoms with van der Waals surface area (Å²) in [6.07, 6.45) is 4.80. The first-order chi connectivity index (χ1) is 9.66. The Labute approximate surface area is 117 Å². The van der Waals surface area contributed by atoms with Crippen LogP contribution in [-0.4, -0.2) is 23.4 Å². The fraction of sp³-hybridized carbons (Fsp3) is 0.500. The molecule has 108 valence electrons. The number of nitro benzene ring substituents is 1. The molecule has 0 atom stereocenters. The summed E-state index contributed by atoms with van der Waals surface area (Å²) in [5, 5.41) is 16.8. The monoisotopic (exact) mass is 277 g/mol. The largest absolute Gasteiger partial charge is 0.379 e. The maximum Gasteiger partial charge on any atom is 0.292 e. The van der Waals surface area contributed by atoms with E-state index in [9.17, 15) is 14.9 Å². The lowest BCUT2D eigenvalue weighted by atomic mass is 10.2. The highest BCUT2D eigenvalue weighted by Gasteiger charge is 2.17. The van der Waals surface area contributed by atoms with Gasteiger partial charge in [-0.3, -0.25) is 14.9 Å². The summed E-state index contributed by atoms with van der Waals surface area (Å²) in [6, 6.07) is 6.76. The molecule has 1 aromatic carbocycles. The highest BCUT2D eigenvalue weighted by atomic mass is 16.6. The summed E-state index contributed by atoms with van der Waals surface area (Å²) >= 11 is 0. The molecule has 1 fully saturated rings. The van der Waals surface area contributed by atoms with Crippen LogP contribution in [-0.2, 0) is 4.79 Å². The van der Waals surface area contributed by atoms with Crippen LogP contribution in [0.5, 0.6) is 0 Å². The maximum absolute atomic E-state index is 11.7. The van der Waals surface area contributed by atoms with E-state index in [-0.39, 0.29) is 11.6 Å². The van der Waals surface area contributed by atoms with Crippen molar-refractivity contribution in [2.24, 2.45) is 0 Å². The summed E-state index contributed by atoms with van der Waals surface area (Å²) in [4.78, 5) is 22.1. The molecule has 6 nitrogen and oxygen atoms in total. The Hall–Kier alpha value is -2.11. The Bertz CT molecular complexity index is 484. The lowest BCUT2D eigenvalue weighted by Crippen LogP contribution is -2.33. The van der Waals surface area contributed by atoms with Crippen LogP contribution >= 0.6 is 0 Å². The molecule has 1 aliphatic carbocycles. The number of carbonyl (C=O) groups is 1. The molecule has 0 unspecified atom stereocenters. The van der Waals surface area contributed by atoms with E-state index in [1.807, 2.05) is 0 Å². The number of nitro groups is 1. The van der Waals surface area contributed by atoms with Crippen molar-refractivity contribution < 1.29 is 9.72 Å². The first kappa shape index (κ1) is 14.3. The molecule has 0 bridgehead atoms. The minimum absolute atomic E-state index is 0.00276. The molecule has 0 saturated heterocycles. The first-order valence-corrected chi connectivity index (χ1v) is 6.93. The van der Waals surface area contributed by atoms with E-state index in [0.29, 0.717) is 24.7 Å². The van der Waals surface area contributed by atoms with Gasteiger partial charge in [0.1, 0.15) is 5.69 Å². The Kier molecular flexibility index (Phi) is 4.92. The number of amides is 1. The van der Waals surface area contributed by atoms with Crippen molar-refractivity contribution in [3.8, 4) is 0 Å². The van der Waals surface area contributed by atoms with E-state index in [4.69, 9.17) is 0 Å². The second-order valence-electron chi connectivity index (χ2n) is 5.00. The van der Waals surface area contributed by atoms with Gasteiger partial charge < -0.3 is 10.6 Å². The average Bonchev–Trinajstić information content (AvgIpc) is 2.92. The van der Waals surface area contributed by atoms with Crippen LogP contribution in [0.4, 0.5) is 11.4 Å². The molecule has 0 heterocycles. The van der Waals surface area contributed by atoms with Gasteiger partial charge in [0.05, 0.1) is 4.92 Å². The zero-order chi connectivity index (χ0) is 14.4. The number of benzene rings is 1. The van der Waals surface area contributed by atoms with E-state index in [2.05, 4.69) is 10.6 Å². The highest BCUT2D eigenvalue weighted by Crippen LogP contribution is 2.23.